The zero-order valence-electron chi connectivity index (χ0n) is 18.3. The monoisotopic (exact) mass is 407 g/mol. The van der Waals surface area contributed by atoms with Crippen molar-refractivity contribution in [1.82, 2.24) is 5.32 Å². The van der Waals surface area contributed by atoms with E-state index >= 15 is 0 Å². The third-order valence-corrected chi connectivity index (χ3v) is 5.88. The molecule has 30 heavy (non-hydrogen) atoms. The second-order valence-electron chi connectivity index (χ2n) is 8.41. The van der Waals surface area contributed by atoms with Gasteiger partial charge < -0.3 is 14.8 Å². The Labute approximate surface area is 180 Å². The van der Waals surface area contributed by atoms with Crippen molar-refractivity contribution in [2.24, 2.45) is 5.41 Å². The number of carbonyl (C=O) groups excluding carboxylic acids is 1. The fourth-order valence-electron chi connectivity index (χ4n) is 4.10. The first-order valence-corrected chi connectivity index (χ1v) is 10.7. The van der Waals surface area contributed by atoms with Crippen molar-refractivity contribution in [3.63, 3.8) is 0 Å². The minimum absolute atomic E-state index is 0.113. The van der Waals surface area contributed by atoms with Crippen LogP contribution in [0, 0.1) is 5.41 Å². The Balaban J connectivity index is 0.000000239. The Hall–Kier alpha value is -2.43. The molecule has 0 radical (unpaired) electrons. The van der Waals surface area contributed by atoms with E-state index in [2.05, 4.69) is 19.2 Å². The molecule has 4 rings (SSSR count). The summed E-state index contributed by atoms with van der Waals surface area (Å²) in [5, 5.41) is 3.35. The average molecular weight is 408 g/mol. The summed E-state index contributed by atoms with van der Waals surface area (Å²) in [5.41, 5.74) is 5.46. The standard InChI is InChI=1S/C18H23NO2.C8H10O/c1-13(2)15-11-19-16(10-18(15)8-9-18)17(20)21-12-14-6-4-3-5-7-14;1-9-7-8-5-3-2-4-6-8/h3-7,16,19H,8-12H2,1-2H3;2-6H,7H2,1H3. The number of ether oxygens (including phenoxy) is 2. The largest absolute Gasteiger partial charge is 0.460 e. The molecule has 1 aliphatic heterocycles. The van der Waals surface area contributed by atoms with Crippen LogP contribution in [0.15, 0.2) is 71.8 Å². The molecule has 4 nitrogen and oxygen atoms in total. The van der Waals surface area contributed by atoms with Crippen LogP contribution in [0.1, 0.15) is 44.2 Å². The minimum Gasteiger partial charge on any atom is -0.460 e. The van der Waals surface area contributed by atoms with Gasteiger partial charge in [0.2, 0.25) is 0 Å². The normalized spacial score (nSPS) is 18.9. The molecule has 1 aliphatic carbocycles. The maximum absolute atomic E-state index is 12.3. The zero-order valence-corrected chi connectivity index (χ0v) is 18.3. The molecule has 2 fully saturated rings. The lowest BCUT2D eigenvalue weighted by Crippen LogP contribution is -2.46. The molecule has 1 unspecified atom stereocenters. The minimum atomic E-state index is -0.153. The number of benzene rings is 2. The summed E-state index contributed by atoms with van der Waals surface area (Å²) in [4.78, 5) is 12.3. The van der Waals surface area contributed by atoms with E-state index in [0.29, 0.717) is 18.6 Å². The molecule has 1 N–H and O–H groups in total. The summed E-state index contributed by atoms with van der Waals surface area (Å²) >= 11 is 0. The third kappa shape index (κ3) is 6.04. The molecule has 0 bridgehead atoms. The second kappa shape index (κ2) is 10.6. The predicted molar refractivity (Wildman–Crippen MR) is 120 cm³/mol. The van der Waals surface area contributed by atoms with E-state index in [1.54, 1.807) is 7.11 Å². The van der Waals surface area contributed by atoms with Crippen LogP contribution < -0.4 is 5.32 Å². The van der Waals surface area contributed by atoms with Crippen molar-refractivity contribution < 1.29 is 14.3 Å². The summed E-state index contributed by atoms with van der Waals surface area (Å²) in [5.74, 6) is -0.113. The highest BCUT2D eigenvalue weighted by Gasteiger charge is 2.51. The number of nitrogens with one attached hydrogen (secondary N) is 1. The molecule has 2 aliphatic rings. The van der Waals surface area contributed by atoms with E-state index < -0.39 is 0 Å². The van der Waals surface area contributed by atoms with Gasteiger partial charge in [0.05, 0.1) is 6.61 Å². The first-order valence-electron chi connectivity index (χ1n) is 10.7. The molecule has 4 heteroatoms. The Morgan fingerprint density at radius 1 is 0.967 bits per heavy atom. The van der Waals surface area contributed by atoms with Crippen molar-refractivity contribution in [3.8, 4) is 0 Å². The van der Waals surface area contributed by atoms with E-state index in [9.17, 15) is 4.79 Å². The number of carbonyl (C=O) groups is 1. The van der Waals surface area contributed by atoms with E-state index in [-0.39, 0.29) is 12.0 Å². The molecule has 2 aromatic rings. The highest BCUT2D eigenvalue weighted by atomic mass is 16.5. The van der Waals surface area contributed by atoms with Gasteiger partial charge in [-0.1, -0.05) is 71.8 Å². The molecular weight excluding hydrogens is 374 g/mol. The Bertz CT molecular complexity index is 837. The zero-order chi connectivity index (χ0) is 21.4. The fraction of sp³-hybridized carbons (Fsp3) is 0.423. The highest BCUT2D eigenvalue weighted by molar-refractivity contribution is 5.76. The summed E-state index contributed by atoms with van der Waals surface area (Å²) in [6.45, 7) is 6.24. The van der Waals surface area contributed by atoms with Crippen molar-refractivity contribution in [2.75, 3.05) is 13.7 Å². The number of hydrogen-bond donors (Lipinski definition) is 1. The smallest absolute Gasteiger partial charge is 0.323 e. The predicted octanol–water partition coefficient (Wildman–Crippen LogP) is 5.04. The molecule has 0 aromatic heterocycles. The van der Waals surface area contributed by atoms with Gasteiger partial charge in [0, 0.05) is 13.7 Å². The first kappa shape index (κ1) is 22.3. The lowest BCUT2D eigenvalue weighted by atomic mass is 9.82. The van der Waals surface area contributed by atoms with E-state index in [1.807, 2.05) is 60.7 Å². The average Bonchev–Trinajstić information content (AvgIpc) is 3.53. The van der Waals surface area contributed by atoms with Gasteiger partial charge in [-0.3, -0.25) is 4.79 Å². The van der Waals surface area contributed by atoms with Crippen LogP contribution in [0.25, 0.3) is 0 Å². The quantitative estimate of drug-likeness (QED) is 0.557. The second-order valence-corrected chi connectivity index (χ2v) is 8.41. The number of rotatable bonds is 5. The fourth-order valence-corrected chi connectivity index (χ4v) is 4.10. The van der Waals surface area contributed by atoms with Crippen LogP contribution in [-0.4, -0.2) is 25.7 Å². The lowest BCUT2D eigenvalue weighted by molar-refractivity contribution is -0.148. The molecule has 1 spiro atoms. The van der Waals surface area contributed by atoms with Gasteiger partial charge in [0.25, 0.3) is 0 Å². The van der Waals surface area contributed by atoms with Crippen molar-refractivity contribution >= 4 is 5.97 Å². The topological polar surface area (TPSA) is 47.6 Å². The summed E-state index contributed by atoms with van der Waals surface area (Å²) in [6.07, 6.45) is 3.33. The van der Waals surface area contributed by atoms with Crippen LogP contribution in [0.5, 0.6) is 0 Å². The van der Waals surface area contributed by atoms with Crippen LogP contribution in [0.3, 0.4) is 0 Å². The Kier molecular flexibility index (Phi) is 7.83. The Morgan fingerprint density at radius 2 is 1.53 bits per heavy atom. The molecule has 1 atom stereocenters. The van der Waals surface area contributed by atoms with Crippen molar-refractivity contribution in [2.45, 2.75) is 52.4 Å². The molecule has 2 aromatic carbocycles. The SMILES string of the molecule is CC(C)=C1CNC(C(=O)OCc2ccccc2)CC12CC2.COCc1ccccc1. The number of methoxy groups -OCH3 is 1. The van der Waals surface area contributed by atoms with E-state index in [1.165, 1.54) is 29.6 Å². The van der Waals surface area contributed by atoms with Crippen LogP contribution >= 0.6 is 0 Å². The number of esters is 1. The van der Waals surface area contributed by atoms with Crippen LogP contribution in [0.2, 0.25) is 0 Å². The van der Waals surface area contributed by atoms with Gasteiger partial charge in [-0.25, -0.2) is 0 Å². The number of piperidine rings is 1. The number of hydrogen-bond acceptors (Lipinski definition) is 4. The summed E-state index contributed by atoms with van der Waals surface area (Å²) in [6, 6.07) is 19.8. The molecule has 0 amide bonds. The molecule has 1 saturated heterocycles. The summed E-state index contributed by atoms with van der Waals surface area (Å²) < 4.78 is 10.4. The van der Waals surface area contributed by atoms with Gasteiger partial charge in [0.1, 0.15) is 12.6 Å². The van der Waals surface area contributed by atoms with Crippen molar-refractivity contribution in [1.29, 1.82) is 0 Å². The Morgan fingerprint density at radius 3 is 2.03 bits per heavy atom. The first-order chi connectivity index (χ1) is 14.5. The molecule has 1 heterocycles. The van der Waals surface area contributed by atoms with Gasteiger partial charge >= 0.3 is 5.97 Å². The van der Waals surface area contributed by atoms with Gasteiger partial charge in [-0.2, -0.15) is 0 Å². The maximum atomic E-state index is 12.3. The van der Waals surface area contributed by atoms with Crippen LogP contribution in [0.4, 0.5) is 0 Å². The van der Waals surface area contributed by atoms with Gasteiger partial charge in [-0.15, -0.1) is 0 Å². The van der Waals surface area contributed by atoms with Crippen molar-refractivity contribution in [3.05, 3.63) is 82.9 Å². The highest BCUT2D eigenvalue weighted by Crippen LogP contribution is 2.57. The maximum Gasteiger partial charge on any atom is 0.323 e. The van der Waals surface area contributed by atoms with E-state index in [4.69, 9.17) is 9.47 Å². The van der Waals surface area contributed by atoms with Gasteiger partial charge in [-0.05, 0) is 49.7 Å². The van der Waals surface area contributed by atoms with Gasteiger partial charge in [0.15, 0.2) is 0 Å². The third-order valence-electron chi connectivity index (χ3n) is 5.88. The lowest BCUT2D eigenvalue weighted by Gasteiger charge is -2.32. The summed E-state index contributed by atoms with van der Waals surface area (Å²) in [7, 11) is 1.70. The number of allylic oxidation sites excluding steroid dienone is 1. The van der Waals surface area contributed by atoms with Crippen LogP contribution in [-0.2, 0) is 27.5 Å². The molecular formula is C26H33NO3. The molecule has 1 saturated carbocycles. The molecule has 160 valence electrons. The van der Waals surface area contributed by atoms with E-state index in [0.717, 1.165) is 18.5 Å².